The highest BCUT2D eigenvalue weighted by atomic mass is 16.5. The van der Waals surface area contributed by atoms with Crippen molar-refractivity contribution in [2.45, 2.75) is 0 Å². The highest BCUT2D eigenvalue weighted by Gasteiger charge is 2.07. The molecular formula is C14H16N4O3. The summed E-state index contributed by atoms with van der Waals surface area (Å²) in [6.07, 6.45) is 0. The molecule has 0 unspecified atom stereocenters. The number of rotatable bonds is 6. The van der Waals surface area contributed by atoms with Crippen LogP contribution in [0.15, 0.2) is 36.4 Å². The first kappa shape index (κ1) is 14.6. The smallest absolute Gasteiger partial charge is 0.358 e. The number of benzene rings is 1. The van der Waals surface area contributed by atoms with Gasteiger partial charge in [0.1, 0.15) is 18.2 Å². The third-order valence-electron chi connectivity index (χ3n) is 2.62. The second-order valence-corrected chi connectivity index (χ2v) is 4.14. The van der Waals surface area contributed by atoms with Crippen molar-refractivity contribution in [1.29, 1.82) is 0 Å². The number of carbonyl (C=O) groups excluding carboxylic acids is 1. The Labute approximate surface area is 122 Å². The zero-order valence-corrected chi connectivity index (χ0v) is 11.6. The number of nitrogens with one attached hydrogen (secondary N) is 1. The first-order chi connectivity index (χ1) is 10.2. The molecule has 0 aliphatic carbocycles. The van der Waals surface area contributed by atoms with Crippen LogP contribution in [-0.2, 0) is 4.74 Å². The van der Waals surface area contributed by atoms with Crippen molar-refractivity contribution in [3.8, 4) is 5.75 Å². The average molecular weight is 288 g/mol. The van der Waals surface area contributed by atoms with Crippen molar-refractivity contribution < 1.29 is 14.3 Å². The van der Waals surface area contributed by atoms with Gasteiger partial charge in [-0.05, 0) is 36.4 Å². The van der Waals surface area contributed by atoms with Crippen molar-refractivity contribution in [2.75, 3.05) is 31.3 Å². The normalized spacial score (nSPS) is 9.95. The Morgan fingerprint density at radius 3 is 2.57 bits per heavy atom. The molecule has 2 rings (SSSR count). The third kappa shape index (κ3) is 4.34. The fraction of sp³-hybridized carbons (Fsp3) is 0.214. The van der Waals surface area contributed by atoms with Crippen LogP contribution in [0.3, 0.4) is 0 Å². The number of aromatic nitrogens is 2. The van der Waals surface area contributed by atoms with E-state index >= 15 is 0 Å². The van der Waals surface area contributed by atoms with Crippen molar-refractivity contribution in [3.05, 3.63) is 42.1 Å². The predicted molar refractivity (Wildman–Crippen MR) is 78.2 cm³/mol. The fourth-order valence-corrected chi connectivity index (χ4v) is 1.55. The summed E-state index contributed by atoms with van der Waals surface area (Å²) in [6.45, 7) is 1.01. The summed E-state index contributed by atoms with van der Waals surface area (Å²) >= 11 is 0. The molecule has 0 atom stereocenters. The van der Waals surface area contributed by atoms with E-state index in [1.54, 1.807) is 36.4 Å². The van der Waals surface area contributed by atoms with E-state index in [0.29, 0.717) is 24.7 Å². The fourth-order valence-electron chi connectivity index (χ4n) is 1.55. The lowest BCUT2D eigenvalue weighted by atomic mass is 10.3. The van der Waals surface area contributed by atoms with Crippen LogP contribution >= 0.6 is 0 Å². The molecule has 3 N–H and O–H groups in total. The van der Waals surface area contributed by atoms with E-state index in [1.807, 2.05) is 0 Å². The molecule has 0 aliphatic rings. The number of nitrogens with two attached hydrogens (primary N) is 1. The number of hydrogen-bond donors (Lipinski definition) is 2. The number of hydrogen-bond acceptors (Lipinski definition) is 7. The van der Waals surface area contributed by atoms with Gasteiger partial charge in [-0.2, -0.15) is 0 Å². The molecule has 0 spiro atoms. The molecule has 1 aromatic heterocycles. The quantitative estimate of drug-likeness (QED) is 0.470. The van der Waals surface area contributed by atoms with Crippen molar-refractivity contribution in [3.63, 3.8) is 0 Å². The van der Waals surface area contributed by atoms with Gasteiger partial charge in [0.2, 0.25) is 0 Å². The van der Waals surface area contributed by atoms with E-state index in [0.717, 1.165) is 5.75 Å². The molecule has 7 nitrogen and oxygen atoms in total. The first-order valence-corrected chi connectivity index (χ1v) is 6.33. The van der Waals surface area contributed by atoms with E-state index in [1.165, 1.54) is 7.11 Å². The van der Waals surface area contributed by atoms with Gasteiger partial charge in [-0.25, -0.2) is 4.79 Å². The molecular weight excluding hydrogens is 272 g/mol. The van der Waals surface area contributed by atoms with E-state index in [4.69, 9.17) is 10.5 Å². The Hall–Kier alpha value is -2.83. The molecule has 0 amide bonds. The number of ether oxygens (including phenoxy) is 2. The van der Waals surface area contributed by atoms with Gasteiger partial charge in [0.25, 0.3) is 0 Å². The lowest BCUT2D eigenvalue weighted by Gasteiger charge is -2.08. The number of methoxy groups -OCH3 is 1. The van der Waals surface area contributed by atoms with Crippen molar-refractivity contribution in [2.24, 2.45) is 0 Å². The molecule has 0 aliphatic heterocycles. The van der Waals surface area contributed by atoms with E-state index in [2.05, 4.69) is 20.3 Å². The number of anilines is 2. The molecule has 21 heavy (non-hydrogen) atoms. The van der Waals surface area contributed by atoms with Crippen molar-refractivity contribution >= 4 is 17.5 Å². The van der Waals surface area contributed by atoms with Gasteiger partial charge in [0.05, 0.1) is 13.7 Å². The summed E-state index contributed by atoms with van der Waals surface area (Å²) in [4.78, 5) is 11.2. The SMILES string of the molecule is COC(=O)c1ccc(NCCOc2ccc(N)cc2)nn1. The molecule has 7 heteroatoms. The van der Waals surface area contributed by atoms with E-state index in [-0.39, 0.29) is 5.69 Å². The Kier molecular flexibility index (Phi) is 4.92. The molecule has 0 bridgehead atoms. The standard InChI is InChI=1S/C14H16N4O3/c1-20-14(19)12-6-7-13(18-17-12)16-8-9-21-11-4-2-10(15)3-5-11/h2-7H,8-9,15H2,1H3,(H,16,18). The average Bonchev–Trinajstić information content (AvgIpc) is 2.53. The third-order valence-corrected chi connectivity index (χ3v) is 2.62. The second-order valence-electron chi connectivity index (χ2n) is 4.14. The number of esters is 1. The molecule has 1 heterocycles. The lowest BCUT2D eigenvalue weighted by Crippen LogP contribution is -2.13. The molecule has 0 saturated carbocycles. The summed E-state index contributed by atoms with van der Waals surface area (Å²) in [5.41, 5.74) is 6.45. The first-order valence-electron chi connectivity index (χ1n) is 6.33. The summed E-state index contributed by atoms with van der Waals surface area (Å²) in [5.74, 6) is 0.794. The maximum atomic E-state index is 11.2. The second kappa shape index (κ2) is 7.09. The zero-order chi connectivity index (χ0) is 15.1. The largest absolute Gasteiger partial charge is 0.492 e. The molecule has 0 fully saturated rings. The zero-order valence-electron chi connectivity index (χ0n) is 11.6. The van der Waals surface area contributed by atoms with Crippen LogP contribution in [0.5, 0.6) is 5.75 Å². The summed E-state index contributed by atoms with van der Waals surface area (Å²) in [6, 6.07) is 10.4. The van der Waals surface area contributed by atoms with Crippen LogP contribution in [0.2, 0.25) is 0 Å². The minimum absolute atomic E-state index is 0.168. The molecule has 1 aromatic carbocycles. The summed E-state index contributed by atoms with van der Waals surface area (Å²) in [5, 5.41) is 10.7. The number of nitrogens with zero attached hydrogens (tertiary/aromatic N) is 2. The van der Waals surface area contributed by atoms with Crippen LogP contribution < -0.4 is 15.8 Å². The van der Waals surface area contributed by atoms with E-state index in [9.17, 15) is 4.79 Å². The highest BCUT2D eigenvalue weighted by molar-refractivity contribution is 5.86. The van der Waals surface area contributed by atoms with Gasteiger partial charge < -0.3 is 20.5 Å². The Morgan fingerprint density at radius 2 is 1.95 bits per heavy atom. The van der Waals surface area contributed by atoms with Gasteiger partial charge in [-0.1, -0.05) is 0 Å². The lowest BCUT2D eigenvalue weighted by molar-refractivity contribution is 0.0593. The van der Waals surface area contributed by atoms with Crippen LogP contribution in [0, 0.1) is 0 Å². The Morgan fingerprint density at radius 1 is 1.19 bits per heavy atom. The minimum Gasteiger partial charge on any atom is -0.492 e. The summed E-state index contributed by atoms with van der Waals surface area (Å²) in [7, 11) is 1.30. The molecule has 2 aromatic rings. The van der Waals surface area contributed by atoms with Crippen LogP contribution in [0.4, 0.5) is 11.5 Å². The van der Waals surface area contributed by atoms with Gasteiger partial charge >= 0.3 is 5.97 Å². The van der Waals surface area contributed by atoms with Crippen LogP contribution in [0.1, 0.15) is 10.5 Å². The molecule has 0 saturated heterocycles. The summed E-state index contributed by atoms with van der Waals surface area (Å²) < 4.78 is 10.1. The number of nitrogen functional groups attached to an aromatic ring is 1. The van der Waals surface area contributed by atoms with Gasteiger partial charge in [-0.3, -0.25) is 0 Å². The van der Waals surface area contributed by atoms with Gasteiger partial charge in [0.15, 0.2) is 5.69 Å². The Balaban J connectivity index is 1.75. The van der Waals surface area contributed by atoms with Gasteiger partial charge in [0, 0.05) is 5.69 Å². The topological polar surface area (TPSA) is 99.4 Å². The molecule has 0 radical (unpaired) electrons. The van der Waals surface area contributed by atoms with E-state index < -0.39 is 5.97 Å². The van der Waals surface area contributed by atoms with Gasteiger partial charge in [-0.15, -0.1) is 10.2 Å². The monoisotopic (exact) mass is 288 g/mol. The molecule has 110 valence electrons. The van der Waals surface area contributed by atoms with Crippen molar-refractivity contribution in [1.82, 2.24) is 10.2 Å². The Bertz CT molecular complexity index is 584. The van der Waals surface area contributed by atoms with Crippen LogP contribution in [-0.4, -0.2) is 36.4 Å². The number of carbonyl (C=O) groups is 1. The highest BCUT2D eigenvalue weighted by Crippen LogP contribution is 2.12. The minimum atomic E-state index is -0.513. The van der Waals surface area contributed by atoms with Crippen LogP contribution in [0.25, 0.3) is 0 Å². The predicted octanol–water partition coefficient (Wildman–Crippen LogP) is 1.34. The maximum absolute atomic E-state index is 11.2. The maximum Gasteiger partial charge on any atom is 0.358 e.